The van der Waals surface area contributed by atoms with Gasteiger partial charge in [0, 0.05) is 32.2 Å². The van der Waals surface area contributed by atoms with Crippen LogP contribution in [-0.2, 0) is 33.9 Å². The van der Waals surface area contributed by atoms with E-state index in [0.717, 1.165) is 25.0 Å². The fourth-order valence-electron chi connectivity index (χ4n) is 5.02. The molecule has 2 atom stereocenters. The molecule has 4 N–H and O–H groups in total. The van der Waals surface area contributed by atoms with Gasteiger partial charge in [-0.3, -0.25) is 14.4 Å². The molecule has 3 rings (SSSR count). The third kappa shape index (κ3) is 11.3. The Hall–Kier alpha value is -4.25. The Labute approximate surface area is 267 Å². The summed E-state index contributed by atoms with van der Waals surface area (Å²) in [5.41, 5.74) is 1.77. The van der Waals surface area contributed by atoms with Crippen LogP contribution in [0.15, 0.2) is 34.3 Å². The normalized spacial score (nSPS) is 17.2. The number of rotatable bonds is 17. The number of ether oxygens (including phenoxy) is 2. The molecular weight excluding hydrogens is 624 g/mol. The largest absolute Gasteiger partial charge is 0.478 e. The Morgan fingerprint density at radius 3 is 2.50 bits per heavy atom. The molecule has 16 nitrogen and oxygen atoms in total. The van der Waals surface area contributed by atoms with Gasteiger partial charge in [0.15, 0.2) is 0 Å². The average molecular weight is 667 g/mol. The number of carboxylic acids is 1. The molecule has 1 saturated heterocycles. The average Bonchev–Trinajstić information content (AvgIpc) is 3.85. The summed E-state index contributed by atoms with van der Waals surface area (Å²) in [5.74, 6) is -3.28. The molecule has 1 aliphatic carbocycles. The van der Waals surface area contributed by atoms with Crippen molar-refractivity contribution in [3.8, 4) is 0 Å². The van der Waals surface area contributed by atoms with Crippen molar-refractivity contribution in [3.63, 3.8) is 0 Å². The van der Waals surface area contributed by atoms with Crippen LogP contribution in [0.1, 0.15) is 62.7 Å². The lowest BCUT2D eigenvalue weighted by Gasteiger charge is -2.31. The van der Waals surface area contributed by atoms with Crippen molar-refractivity contribution in [2.45, 2.75) is 69.4 Å². The fourth-order valence-corrected chi connectivity index (χ4v) is 6.41. The number of carbonyl (C=O) groups is 5. The molecule has 17 heteroatoms. The quantitative estimate of drug-likeness (QED) is 0.0793. The van der Waals surface area contributed by atoms with E-state index >= 15 is 0 Å². The maximum atomic E-state index is 13.8. The lowest BCUT2D eigenvalue weighted by atomic mass is 9.98. The van der Waals surface area contributed by atoms with E-state index in [9.17, 15) is 37.5 Å². The van der Waals surface area contributed by atoms with Crippen molar-refractivity contribution in [2.24, 2.45) is 11.0 Å². The van der Waals surface area contributed by atoms with E-state index < -0.39 is 62.8 Å². The Balaban J connectivity index is 1.72. The molecular formula is C29H42N6O10S. The van der Waals surface area contributed by atoms with Crippen molar-refractivity contribution >= 4 is 46.2 Å². The van der Waals surface area contributed by atoms with Crippen LogP contribution in [0.25, 0.3) is 0 Å². The number of nitrogens with zero attached hydrogens (tertiary/aromatic N) is 3. The van der Waals surface area contributed by atoms with Gasteiger partial charge in [0.25, 0.3) is 0 Å². The molecule has 1 aliphatic heterocycles. The number of carbonyl (C=O) groups excluding carboxylic acids is 4. The van der Waals surface area contributed by atoms with E-state index in [1.807, 2.05) is 4.90 Å². The second-order valence-electron chi connectivity index (χ2n) is 10.9. The number of sulfonamides is 1. The third-order valence-electron chi connectivity index (χ3n) is 7.32. The van der Waals surface area contributed by atoms with Crippen LogP contribution in [0.4, 0.5) is 4.79 Å². The summed E-state index contributed by atoms with van der Waals surface area (Å²) in [4.78, 5) is 64.8. The predicted molar refractivity (Wildman–Crippen MR) is 164 cm³/mol. The number of esters is 1. The molecule has 3 amide bonds. The molecule has 1 saturated carbocycles. The number of likely N-dealkylation sites (tertiary alicyclic amines) is 1. The monoisotopic (exact) mass is 666 g/mol. The number of amides is 3. The first-order chi connectivity index (χ1) is 21.9. The van der Waals surface area contributed by atoms with Gasteiger partial charge in [0.2, 0.25) is 21.8 Å². The predicted octanol–water partition coefficient (Wildman–Crippen LogP) is 0.884. The Morgan fingerprint density at radius 1 is 1.11 bits per heavy atom. The number of hydrogen-bond acceptors (Lipinski definition) is 10. The minimum atomic E-state index is -4.58. The highest BCUT2D eigenvalue weighted by atomic mass is 32.2. The maximum Gasteiger partial charge on any atom is 0.427 e. The van der Waals surface area contributed by atoms with Crippen LogP contribution in [0.3, 0.4) is 0 Å². The van der Waals surface area contributed by atoms with Gasteiger partial charge in [-0.25, -0.2) is 23.4 Å². The summed E-state index contributed by atoms with van der Waals surface area (Å²) in [7, 11) is -4.58. The zero-order valence-corrected chi connectivity index (χ0v) is 26.8. The molecule has 0 bridgehead atoms. The smallest absolute Gasteiger partial charge is 0.427 e. The maximum absolute atomic E-state index is 13.8. The van der Waals surface area contributed by atoms with E-state index in [4.69, 9.17) is 9.47 Å². The Morgan fingerprint density at radius 2 is 1.83 bits per heavy atom. The number of benzene rings is 1. The van der Waals surface area contributed by atoms with Gasteiger partial charge in [-0.2, -0.15) is 9.82 Å². The standard InChI is InChI=1S/C29H42N6O10S/c1-3-44-26(37)13-15-35(21-11-12-21)27(38)23(33-46(42,43)24-10-6-5-9-22(24)28(39)40)16-25(36)30-17-20-8-7-14-34(18-20)19-31-32-29(41)45-4-2/h5-6,9-10,19-21,23,33H,3-4,7-8,11-18H2,1-2H3,(H,30,36)(H,32,41)(H,39,40)/t20-,23-/m0/s1. The lowest BCUT2D eigenvalue weighted by molar-refractivity contribution is -0.144. The van der Waals surface area contributed by atoms with Crippen LogP contribution in [0, 0.1) is 5.92 Å². The number of piperidine rings is 1. The number of aromatic carboxylic acids is 1. The first kappa shape index (κ1) is 36.2. The number of hydrazone groups is 1. The minimum absolute atomic E-state index is 0.00701. The molecule has 0 radical (unpaired) electrons. The first-order valence-electron chi connectivity index (χ1n) is 15.2. The van der Waals surface area contributed by atoms with Gasteiger partial charge in [0.05, 0.1) is 36.5 Å². The fraction of sp³-hybridized carbons (Fsp3) is 0.586. The molecule has 254 valence electrons. The Bertz CT molecular complexity index is 1380. The van der Waals surface area contributed by atoms with Gasteiger partial charge < -0.3 is 29.7 Å². The SMILES string of the molecule is CCOC(=O)CCN(C(=O)[C@H](CC(=O)NC[C@@H]1CCCN(C=NNC(=O)OCC)C1)NS(=O)(=O)c1ccccc1C(=O)O)C1CC1. The van der Waals surface area contributed by atoms with E-state index in [2.05, 4.69) is 20.6 Å². The molecule has 46 heavy (non-hydrogen) atoms. The highest BCUT2D eigenvalue weighted by Gasteiger charge is 2.39. The minimum Gasteiger partial charge on any atom is -0.478 e. The molecule has 0 spiro atoms. The molecule has 2 aliphatic rings. The zero-order chi connectivity index (χ0) is 33.7. The van der Waals surface area contributed by atoms with Crippen LogP contribution in [0.2, 0.25) is 0 Å². The van der Waals surface area contributed by atoms with Crippen molar-refractivity contribution in [2.75, 3.05) is 39.4 Å². The second-order valence-corrected chi connectivity index (χ2v) is 12.6. The molecule has 1 aromatic carbocycles. The lowest BCUT2D eigenvalue weighted by Crippen LogP contribution is -2.52. The highest BCUT2D eigenvalue weighted by molar-refractivity contribution is 7.89. The van der Waals surface area contributed by atoms with Crippen molar-refractivity contribution in [1.82, 2.24) is 25.3 Å². The molecule has 0 unspecified atom stereocenters. The summed E-state index contributed by atoms with van der Waals surface area (Å²) in [6, 6.07) is 3.16. The van der Waals surface area contributed by atoms with Gasteiger partial charge in [-0.1, -0.05) is 12.1 Å². The van der Waals surface area contributed by atoms with Gasteiger partial charge in [-0.15, -0.1) is 0 Å². The summed E-state index contributed by atoms with van der Waals surface area (Å²) in [5, 5.41) is 16.2. The molecule has 1 heterocycles. The first-order valence-corrected chi connectivity index (χ1v) is 16.7. The van der Waals surface area contributed by atoms with Gasteiger partial charge in [0.1, 0.15) is 12.4 Å². The summed E-state index contributed by atoms with van der Waals surface area (Å²) < 4.78 is 38.8. The molecule has 0 aromatic heterocycles. The highest BCUT2D eigenvalue weighted by Crippen LogP contribution is 2.28. The van der Waals surface area contributed by atoms with Gasteiger partial charge in [-0.05, 0) is 57.6 Å². The van der Waals surface area contributed by atoms with Crippen LogP contribution < -0.4 is 15.5 Å². The second kappa shape index (κ2) is 17.4. The van der Waals surface area contributed by atoms with E-state index in [0.29, 0.717) is 25.9 Å². The van der Waals surface area contributed by atoms with E-state index in [1.54, 1.807) is 13.8 Å². The van der Waals surface area contributed by atoms with Crippen molar-refractivity contribution in [1.29, 1.82) is 0 Å². The molecule has 2 fully saturated rings. The summed E-state index contributed by atoms with van der Waals surface area (Å²) in [6.07, 6.45) is 3.03. The Kier molecular flexibility index (Phi) is 13.7. The topological polar surface area (TPSA) is 213 Å². The number of nitrogens with one attached hydrogen (secondary N) is 3. The summed E-state index contributed by atoms with van der Waals surface area (Å²) >= 11 is 0. The van der Waals surface area contributed by atoms with Crippen molar-refractivity contribution in [3.05, 3.63) is 29.8 Å². The number of hydrogen-bond donors (Lipinski definition) is 4. The van der Waals surface area contributed by atoms with E-state index in [-0.39, 0.29) is 44.7 Å². The summed E-state index contributed by atoms with van der Waals surface area (Å²) in [6.45, 7) is 5.13. The van der Waals surface area contributed by atoms with E-state index in [1.165, 1.54) is 23.4 Å². The number of carboxylic acid groups (broad SMARTS) is 1. The molecule has 1 aromatic rings. The zero-order valence-electron chi connectivity index (χ0n) is 26.0. The van der Waals surface area contributed by atoms with Gasteiger partial charge >= 0.3 is 18.0 Å². The van der Waals surface area contributed by atoms with Crippen molar-refractivity contribution < 1.29 is 47.0 Å². The van der Waals surface area contributed by atoms with Crippen LogP contribution in [0.5, 0.6) is 0 Å². The third-order valence-corrected chi connectivity index (χ3v) is 8.85. The van der Waals surface area contributed by atoms with Crippen LogP contribution in [-0.4, -0.2) is 111 Å². The van der Waals surface area contributed by atoms with Crippen LogP contribution >= 0.6 is 0 Å².